The second-order valence-corrected chi connectivity index (χ2v) is 16.7. The highest BCUT2D eigenvalue weighted by atomic mass is 15.2. The van der Waals surface area contributed by atoms with E-state index in [-0.39, 0.29) is 5.41 Å². The standard InChI is InChI=1S/C50H50N6/c1-32(2)40-31-44(56(46-14-10-12-28-52-46)37-21-17-35(18-22-37)54(7)8)41-30-42-47-33(25-26-50(42,3)4)29-43(39-24-23-38(40)48(41)49(39)47)55(45-13-9-11-27-51-45)36-19-15-34(16-20-36)53(5)6/h9-24,27-32H,25-26H2,1-8H3. The van der Waals surface area contributed by atoms with Gasteiger partial charge in [-0.15, -0.1) is 0 Å². The molecule has 0 saturated heterocycles. The number of rotatable bonds is 9. The van der Waals surface area contributed by atoms with E-state index in [1.807, 2.05) is 24.5 Å². The fraction of sp³-hybridized carbons (Fsp3) is 0.240. The molecule has 0 fully saturated rings. The van der Waals surface area contributed by atoms with Gasteiger partial charge in [0.2, 0.25) is 0 Å². The molecule has 0 saturated carbocycles. The van der Waals surface area contributed by atoms with Crippen molar-refractivity contribution in [1.29, 1.82) is 0 Å². The summed E-state index contributed by atoms with van der Waals surface area (Å²) in [7, 11) is 8.35. The van der Waals surface area contributed by atoms with Crippen LogP contribution in [-0.4, -0.2) is 38.2 Å². The van der Waals surface area contributed by atoms with Crippen LogP contribution in [0.4, 0.5) is 45.8 Å². The molecule has 2 heterocycles. The molecular weight excluding hydrogens is 685 g/mol. The molecule has 280 valence electrons. The first-order valence-electron chi connectivity index (χ1n) is 19.8. The first kappa shape index (κ1) is 35.6. The van der Waals surface area contributed by atoms with E-state index in [2.05, 4.69) is 179 Å². The SMILES string of the molecule is CC(C)c1cc(N(c2ccc(N(C)C)cc2)c2ccccn2)c2cc3c4c(cc(N(c5ccc(N(C)C)cc5)c5ccccn5)c5ccc1c2c54)CCC3(C)C. The second-order valence-electron chi connectivity index (χ2n) is 16.7. The second kappa shape index (κ2) is 13.6. The van der Waals surface area contributed by atoms with Gasteiger partial charge in [-0.1, -0.05) is 52.0 Å². The van der Waals surface area contributed by atoms with Crippen LogP contribution in [-0.2, 0) is 11.8 Å². The highest BCUT2D eigenvalue weighted by Crippen LogP contribution is 2.54. The number of aromatic nitrogens is 2. The van der Waals surface area contributed by atoms with Crippen molar-refractivity contribution in [1.82, 2.24) is 9.97 Å². The highest BCUT2D eigenvalue weighted by Gasteiger charge is 2.34. The van der Waals surface area contributed by atoms with E-state index in [9.17, 15) is 0 Å². The fourth-order valence-corrected chi connectivity index (χ4v) is 8.89. The zero-order valence-electron chi connectivity index (χ0n) is 33.8. The first-order chi connectivity index (χ1) is 27.0. The molecule has 0 atom stereocenters. The Balaban J connectivity index is 1.42. The number of anilines is 8. The van der Waals surface area contributed by atoms with E-state index in [0.29, 0.717) is 5.92 Å². The van der Waals surface area contributed by atoms with Gasteiger partial charge < -0.3 is 9.80 Å². The van der Waals surface area contributed by atoms with Crippen LogP contribution >= 0.6 is 0 Å². The van der Waals surface area contributed by atoms with Crippen molar-refractivity contribution in [3.63, 3.8) is 0 Å². The summed E-state index contributed by atoms with van der Waals surface area (Å²) < 4.78 is 0. The molecule has 8 aromatic rings. The highest BCUT2D eigenvalue weighted by molar-refractivity contribution is 6.30. The maximum Gasteiger partial charge on any atom is 0.137 e. The van der Waals surface area contributed by atoms with Crippen LogP contribution in [0.5, 0.6) is 0 Å². The number of benzene rings is 6. The lowest BCUT2D eigenvalue weighted by atomic mass is 9.70. The topological polar surface area (TPSA) is 38.7 Å². The summed E-state index contributed by atoms with van der Waals surface area (Å²) >= 11 is 0. The maximum absolute atomic E-state index is 4.99. The van der Waals surface area contributed by atoms with E-state index in [1.54, 1.807) is 0 Å². The Morgan fingerprint density at radius 3 is 1.55 bits per heavy atom. The minimum atomic E-state index is -0.0127. The van der Waals surface area contributed by atoms with Crippen LogP contribution in [0.3, 0.4) is 0 Å². The van der Waals surface area contributed by atoms with Gasteiger partial charge in [0.25, 0.3) is 0 Å². The number of nitrogens with zero attached hydrogens (tertiary/aromatic N) is 6. The lowest BCUT2D eigenvalue weighted by Crippen LogP contribution is -2.24. The summed E-state index contributed by atoms with van der Waals surface area (Å²) in [6.45, 7) is 9.50. The van der Waals surface area contributed by atoms with Gasteiger partial charge in [-0.2, -0.15) is 0 Å². The molecular formula is C50H50N6. The average molecular weight is 735 g/mol. The minimum Gasteiger partial charge on any atom is -0.378 e. The number of aryl methyl sites for hydroxylation is 1. The van der Waals surface area contributed by atoms with E-state index >= 15 is 0 Å². The molecule has 56 heavy (non-hydrogen) atoms. The quantitative estimate of drug-likeness (QED) is 0.138. The van der Waals surface area contributed by atoms with Gasteiger partial charge >= 0.3 is 0 Å². The van der Waals surface area contributed by atoms with Gasteiger partial charge in [0.05, 0.1) is 11.4 Å². The molecule has 0 radical (unpaired) electrons. The summed E-state index contributed by atoms with van der Waals surface area (Å²) in [4.78, 5) is 19.0. The zero-order valence-corrected chi connectivity index (χ0v) is 33.8. The predicted molar refractivity (Wildman–Crippen MR) is 239 cm³/mol. The summed E-state index contributed by atoms with van der Waals surface area (Å²) in [6, 6.07) is 42.3. The summed E-state index contributed by atoms with van der Waals surface area (Å²) in [5.41, 5.74) is 10.9. The lowest BCUT2D eigenvalue weighted by Gasteiger charge is -2.37. The van der Waals surface area contributed by atoms with Crippen molar-refractivity contribution in [2.75, 3.05) is 47.8 Å². The average Bonchev–Trinajstić information content (AvgIpc) is 3.20. The van der Waals surface area contributed by atoms with Crippen molar-refractivity contribution < 1.29 is 0 Å². The number of hydrogen-bond donors (Lipinski definition) is 0. The molecule has 9 rings (SSSR count). The predicted octanol–water partition coefficient (Wildman–Crippen LogP) is 12.8. The third-order valence-corrected chi connectivity index (χ3v) is 11.9. The van der Waals surface area contributed by atoms with Crippen LogP contribution in [0.2, 0.25) is 0 Å². The Kier molecular flexibility index (Phi) is 8.61. The Morgan fingerprint density at radius 2 is 1.05 bits per heavy atom. The van der Waals surface area contributed by atoms with Crippen LogP contribution in [0.25, 0.3) is 32.3 Å². The van der Waals surface area contributed by atoms with Crippen LogP contribution in [0, 0.1) is 0 Å². The van der Waals surface area contributed by atoms with Crippen LogP contribution in [0.1, 0.15) is 56.7 Å². The van der Waals surface area contributed by atoms with E-state index in [4.69, 9.17) is 9.97 Å². The normalized spacial score (nSPS) is 13.5. The molecule has 0 spiro atoms. The van der Waals surface area contributed by atoms with Crippen molar-refractivity contribution in [3.05, 3.63) is 144 Å². The van der Waals surface area contributed by atoms with Gasteiger partial charge in [-0.3, -0.25) is 9.80 Å². The van der Waals surface area contributed by atoms with Gasteiger partial charge in [0.1, 0.15) is 11.6 Å². The molecule has 0 amide bonds. The zero-order chi connectivity index (χ0) is 38.9. The van der Waals surface area contributed by atoms with E-state index in [0.717, 1.165) is 58.6 Å². The largest absolute Gasteiger partial charge is 0.378 e. The minimum absolute atomic E-state index is 0.0127. The third-order valence-electron chi connectivity index (χ3n) is 11.9. The lowest BCUT2D eigenvalue weighted by molar-refractivity contribution is 0.475. The Labute approximate surface area is 331 Å². The molecule has 0 bridgehead atoms. The van der Waals surface area contributed by atoms with Crippen molar-refractivity contribution >= 4 is 78.1 Å². The van der Waals surface area contributed by atoms with Gasteiger partial charge in [-0.25, -0.2) is 9.97 Å². The van der Waals surface area contributed by atoms with Crippen molar-refractivity contribution in [2.24, 2.45) is 0 Å². The maximum atomic E-state index is 4.99. The molecule has 1 aliphatic rings. The summed E-state index contributed by atoms with van der Waals surface area (Å²) in [5.74, 6) is 2.09. The Morgan fingerprint density at radius 1 is 0.536 bits per heavy atom. The summed E-state index contributed by atoms with van der Waals surface area (Å²) in [5, 5.41) is 7.86. The summed E-state index contributed by atoms with van der Waals surface area (Å²) in [6.07, 6.45) is 5.88. The third kappa shape index (κ3) is 5.78. The molecule has 6 nitrogen and oxygen atoms in total. The van der Waals surface area contributed by atoms with Crippen LogP contribution < -0.4 is 19.6 Å². The monoisotopic (exact) mass is 734 g/mol. The van der Waals surface area contributed by atoms with Crippen molar-refractivity contribution in [2.45, 2.75) is 51.9 Å². The molecule has 2 aromatic heterocycles. The molecule has 0 aliphatic heterocycles. The Bertz CT molecular complexity index is 2680. The van der Waals surface area contributed by atoms with Gasteiger partial charge in [-0.05, 0) is 148 Å². The number of pyridine rings is 2. The molecule has 1 aliphatic carbocycles. The number of hydrogen-bond acceptors (Lipinski definition) is 6. The van der Waals surface area contributed by atoms with E-state index < -0.39 is 0 Å². The van der Waals surface area contributed by atoms with Gasteiger partial charge in [0, 0.05) is 79.5 Å². The smallest absolute Gasteiger partial charge is 0.137 e. The van der Waals surface area contributed by atoms with Crippen LogP contribution in [0.15, 0.2) is 128 Å². The molecule has 6 aromatic carbocycles. The molecule has 0 unspecified atom stereocenters. The molecule has 0 N–H and O–H groups in total. The van der Waals surface area contributed by atoms with Crippen molar-refractivity contribution in [3.8, 4) is 0 Å². The fourth-order valence-electron chi connectivity index (χ4n) is 8.89. The Hall–Kier alpha value is -6.14. The van der Waals surface area contributed by atoms with E-state index in [1.165, 1.54) is 49.0 Å². The van der Waals surface area contributed by atoms with Gasteiger partial charge in [0.15, 0.2) is 0 Å². The first-order valence-corrected chi connectivity index (χ1v) is 19.8. The molecule has 6 heteroatoms.